The molecule has 2 atom stereocenters. The van der Waals surface area contributed by atoms with Gasteiger partial charge in [-0.25, -0.2) is 13.1 Å². The Morgan fingerprint density at radius 2 is 2.13 bits per heavy atom. The number of benzene rings is 1. The zero-order valence-corrected chi connectivity index (χ0v) is 19.0. The minimum Gasteiger partial charge on any atom is -0.372 e. The molecule has 0 aliphatic carbocycles. The van der Waals surface area contributed by atoms with E-state index in [9.17, 15) is 13.7 Å². The Labute approximate surface area is 178 Å². The van der Waals surface area contributed by atoms with Crippen LogP contribution < -0.4 is 0 Å². The molecule has 7 nitrogen and oxygen atoms in total. The van der Waals surface area contributed by atoms with E-state index in [4.69, 9.17) is 9.47 Å². The molecule has 1 aromatic carbocycles. The van der Waals surface area contributed by atoms with Gasteiger partial charge in [-0.15, -0.1) is 0 Å². The van der Waals surface area contributed by atoms with Gasteiger partial charge in [0.1, 0.15) is 12.8 Å². The zero-order valence-electron chi connectivity index (χ0n) is 18.2. The molecule has 0 spiro atoms. The molecule has 1 aliphatic heterocycles. The van der Waals surface area contributed by atoms with Crippen molar-refractivity contribution < 1.29 is 17.9 Å². The number of nitriles is 1. The fraction of sp³-hybridized carbons (Fsp3) is 0.545. The van der Waals surface area contributed by atoms with Crippen molar-refractivity contribution in [1.82, 2.24) is 9.78 Å². The highest BCUT2D eigenvalue weighted by molar-refractivity contribution is 7.92. The van der Waals surface area contributed by atoms with Crippen molar-refractivity contribution >= 4 is 9.84 Å². The molecule has 8 heteroatoms. The van der Waals surface area contributed by atoms with Crippen molar-refractivity contribution in [2.75, 3.05) is 13.7 Å². The smallest absolute Gasteiger partial charge is 0.184 e. The molecule has 162 valence electrons. The highest BCUT2D eigenvalue weighted by Gasteiger charge is 2.46. The van der Waals surface area contributed by atoms with Gasteiger partial charge >= 0.3 is 0 Å². The van der Waals surface area contributed by atoms with E-state index in [2.05, 4.69) is 11.2 Å². The first-order valence-electron chi connectivity index (χ1n) is 9.95. The van der Waals surface area contributed by atoms with E-state index in [1.54, 1.807) is 50.8 Å². The van der Waals surface area contributed by atoms with Crippen molar-refractivity contribution in [3.63, 3.8) is 0 Å². The van der Waals surface area contributed by atoms with Gasteiger partial charge in [0, 0.05) is 13.7 Å². The van der Waals surface area contributed by atoms with E-state index in [0.717, 1.165) is 11.3 Å². The van der Waals surface area contributed by atoms with Crippen LogP contribution in [-0.4, -0.2) is 36.7 Å². The van der Waals surface area contributed by atoms with Crippen LogP contribution in [0.4, 0.5) is 0 Å². The summed E-state index contributed by atoms with van der Waals surface area (Å²) in [6, 6.07) is 11.1. The molecule has 0 saturated carbocycles. The van der Waals surface area contributed by atoms with E-state index in [-0.39, 0.29) is 6.73 Å². The summed E-state index contributed by atoms with van der Waals surface area (Å²) in [5.41, 5.74) is 1.46. The van der Waals surface area contributed by atoms with Crippen molar-refractivity contribution in [2.24, 2.45) is 0 Å². The van der Waals surface area contributed by atoms with Crippen LogP contribution in [0, 0.1) is 18.3 Å². The van der Waals surface area contributed by atoms with Gasteiger partial charge in [-0.05, 0) is 64.3 Å². The molecular weight excluding hydrogens is 402 g/mol. The second-order valence-electron chi connectivity index (χ2n) is 8.69. The summed E-state index contributed by atoms with van der Waals surface area (Å²) in [6.07, 6.45) is 0.244. The lowest BCUT2D eigenvalue weighted by molar-refractivity contribution is -0.00919. The SMILES string of the molecule is COCn1nc(C(C)(C)C#N)cc1C1CC(C)(S(=O)(=O)c2cccc(C)c2)CCO1. The average Bonchev–Trinajstić information content (AvgIpc) is 3.13. The highest BCUT2D eigenvalue weighted by atomic mass is 32.2. The summed E-state index contributed by atoms with van der Waals surface area (Å²) < 4.78 is 39.0. The maximum Gasteiger partial charge on any atom is 0.184 e. The minimum absolute atomic E-state index is 0.193. The molecule has 30 heavy (non-hydrogen) atoms. The first-order valence-corrected chi connectivity index (χ1v) is 11.4. The quantitative estimate of drug-likeness (QED) is 0.692. The molecule has 2 heterocycles. The molecule has 1 fully saturated rings. The Balaban J connectivity index is 1.99. The maximum atomic E-state index is 13.5. The monoisotopic (exact) mass is 431 g/mol. The van der Waals surface area contributed by atoms with E-state index < -0.39 is 26.1 Å². The number of ether oxygens (including phenoxy) is 2. The molecule has 1 aromatic heterocycles. The topological polar surface area (TPSA) is 94.2 Å². The van der Waals surface area contributed by atoms with E-state index in [1.807, 2.05) is 19.1 Å². The van der Waals surface area contributed by atoms with Crippen LogP contribution in [0.3, 0.4) is 0 Å². The van der Waals surface area contributed by atoms with Gasteiger partial charge in [0.05, 0.1) is 32.5 Å². The van der Waals surface area contributed by atoms with Crippen LogP contribution in [0.15, 0.2) is 35.2 Å². The molecule has 0 bridgehead atoms. The summed E-state index contributed by atoms with van der Waals surface area (Å²) in [7, 11) is -2.01. The van der Waals surface area contributed by atoms with E-state index >= 15 is 0 Å². The predicted octanol–water partition coefficient (Wildman–Crippen LogP) is 3.68. The molecule has 2 unspecified atom stereocenters. The number of aromatic nitrogens is 2. The third-order valence-electron chi connectivity index (χ3n) is 5.83. The lowest BCUT2D eigenvalue weighted by Crippen LogP contribution is -2.42. The molecule has 1 aliphatic rings. The third-order valence-corrected chi connectivity index (χ3v) is 8.37. The van der Waals surface area contributed by atoms with Crippen LogP contribution in [0.1, 0.15) is 56.7 Å². The van der Waals surface area contributed by atoms with Crippen LogP contribution in [0.25, 0.3) is 0 Å². The number of nitrogens with zero attached hydrogens (tertiary/aromatic N) is 3. The normalized spacial score (nSPS) is 22.6. The van der Waals surface area contributed by atoms with Gasteiger partial charge in [-0.1, -0.05) is 12.1 Å². The third kappa shape index (κ3) is 4.02. The maximum absolute atomic E-state index is 13.5. The Bertz CT molecular complexity index is 1070. The van der Waals surface area contributed by atoms with Crippen LogP contribution >= 0.6 is 0 Å². The van der Waals surface area contributed by atoms with Gasteiger partial charge < -0.3 is 9.47 Å². The Kier molecular flexibility index (Phi) is 6.10. The molecule has 1 saturated heterocycles. The van der Waals surface area contributed by atoms with Gasteiger partial charge in [0.2, 0.25) is 0 Å². The van der Waals surface area contributed by atoms with Crippen molar-refractivity contribution in [3.8, 4) is 6.07 Å². The van der Waals surface area contributed by atoms with Gasteiger partial charge in [-0.2, -0.15) is 10.4 Å². The number of aryl methyl sites for hydroxylation is 1. The number of methoxy groups -OCH3 is 1. The first-order chi connectivity index (χ1) is 14.0. The summed E-state index contributed by atoms with van der Waals surface area (Å²) in [5.74, 6) is 0. The van der Waals surface area contributed by atoms with E-state index in [0.29, 0.717) is 30.0 Å². The van der Waals surface area contributed by atoms with Gasteiger partial charge in [0.25, 0.3) is 0 Å². The van der Waals surface area contributed by atoms with Crippen LogP contribution in [-0.2, 0) is 31.5 Å². The van der Waals surface area contributed by atoms with Gasteiger partial charge in [0.15, 0.2) is 9.84 Å². The molecule has 0 radical (unpaired) electrons. The summed E-state index contributed by atoms with van der Waals surface area (Å²) >= 11 is 0. The van der Waals surface area contributed by atoms with Crippen molar-refractivity contribution in [3.05, 3.63) is 47.3 Å². The standard InChI is InChI=1S/C22H29N3O4S/c1-16-7-6-8-17(11-16)30(26,27)22(4)9-10-29-19(13-22)18-12-20(21(2,3)14-23)24-25(18)15-28-5/h6-8,11-12,19H,9-10,13,15H2,1-5H3. The lowest BCUT2D eigenvalue weighted by Gasteiger charge is -2.37. The molecule has 2 aromatic rings. The molecule has 0 N–H and O–H groups in total. The van der Waals surface area contributed by atoms with Gasteiger partial charge in [-0.3, -0.25) is 0 Å². The summed E-state index contributed by atoms with van der Waals surface area (Å²) in [5, 5.41) is 14.0. The Hall–Kier alpha value is -2.21. The number of rotatable bonds is 6. The summed E-state index contributed by atoms with van der Waals surface area (Å²) in [4.78, 5) is 0.336. The fourth-order valence-electron chi connectivity index (χ4n) is 3.75. The van der Waals surface area contributed by atoms with E-state index in [1.165, 1.54) is 0 Å². The minimum atomic E-state index is -3.57. The molecular formula is C22H29N3O4S. The Morgan fingerprint density at radius 3 is 2.77 bits per heavy atom. The lowest BCUT2D eigenvalue weighted by atomic mass is 9.90. The van der Waals surface area contributed by atoms with Crippen LogP contribution in [0.5, 0.6) is 0 Å². The van der Waals surface area contributed by atoms with Crippen molar-refractivity contribution in [2.45, 2.75) is 68.4 Å². The summed E-state index contributed by atoms with van der Waals surface area (Å²) in [6.45, 7) is 7.78. The number of hydrogen-bond donors (Lipinski definition) is 0. The molecule has 0 amide bonds. The predicted molar refractivity (Wildman–Crippen MR) is 113 cm³/mol. The largest absolute Gasteiger partial charge is 0.372 e. The van der Waals surface area contributed by atoms with Crippen LogP contribution in [0.2, 0.25) is 0 Å². The highest BCUT2D eigenvalue weighted by Crippen LogP contribution is 2.42. The number of hydrogen-bond acceptors (Lipinski definition) is 6. The van der Waals surface area contributed by atoms with Crippen molar-refractivity contribution in [1.29, 1.82) is 5.26 Å². The first kappa shape index (κ1) is 22.5. The second kappa shape index (κ2) is 8.14. The second-order valence-corrected chi connectivity index (χ2v) is 11.2. The zero-order chi connectivity index (χ0) is 22.2. The molecule has 3 rings (SSSR count). The fourth-order valence-corrected chi connectivity index (χ4v) is 5.64. The average molecular weight is 432 g/mol. The Morgan fingerprint density at radius 1 is 1.40 bits per heavy atom. The number of sulfone groups is 1.